The lowest BCUT2D eigenvalue weighted by Crippen LogP contribution is -2.37. The summed E-state index contributed by atoms with van der Waals surface area (Å²) in [7, 11) is 4.71. The van der Waals surface area contributed by atoms with E-state index in [1.54, 1.807) is 0 Å². The Hall–Kier alpha value is 0.137. The van der Waals surface area contributed by atoms with Crippen LogP contribution in [0.4, 0.5) is 0 Å². The summed E-state index contributed by atoms with van der Waals surface area (Å²) in [4.78, 5) is 2.24. The van der Waals surface area contributed by atoms with Crippen molar-refractivity contribution in [3.8, 4) is 0 Å². The first-order valence-corrected chi connectivity index (χ1v) is 7.22. The Morgan fingerprint density at radius 3 is 2.09 bits per heavy atom. The minimum Gasteiger partial charge on any atom is -0.420 e. The van der Waals surface area contributed by atoms with Crippen molar-refractivity contribution in [2.75, 3.05) is 21.2 Å². The summed E-state index contributed by atoms with van der Waals surface area (Å²) in [5.74, 6) is 0. The van der Waals surface area contributed by atoms with Gasteiger partial charge < -0.3 is 9.33 Å². The van der Waals surface area contributed by atoms with E-state index in [1.807, 2.05) is 7.11 Å². The summed E-state index contributed by atoms with van der Waals surface area (Å²) in [6.45, 7) is 6.76. The first-order chi connectivity index (χ1) is 4.89. The molecule has 3 heteroatoms. The van der Waals surface area contributed by atoms with Gasteiger partial charge in [-0.25, -0.2) is 0 Å². The highest BCUT2D eigenvalue weighted by Gasteiger charge is 2.24. The topological polar surface area (TPSA) is 12.5 Å². The molecule has 0 bridgehead atoms. The summed E-state index contributed by atoms with van der Waals surface area (Å²) in [5, 5.41) is 0. The summed E-state index contributed by atoms with van der Waals surface area (Å²) in [6, 6.07) is 1.84. The van der Waals surface area contributed by atoms with Crippen molar-refractivity contribution in [1.29, 1.82) is 0 Å². The Balaban J connectivity index is 3.83. The van der Waals surface area contributed by atoms with E-state index in [4.69, 9.17) is 4.43 Å². The van der Waals surface area contributed by atoms with Crippen molar-refractivity contribution in [2.24, 2.45) is 0 Å². The van der Waals surface area contributed by atoms with Crippen LogP contribution in [-0.4, -0.2) is 40.5 Å². The largest absolute Gasteiger partial charge is 0.420 e. The Kier molecular flexibility index (Phi) is 4.29. The Labute approximate surface area is 71.7 Å². The van der Waals surface area contributed by atoms with Gasteiger partial charge in [0.1, 0.15) is 0 Å². The highest BCUT2D eigenvalue weighted by molar-refractivity contribution is 6.71. The highest BCUT2D eigenvalue weighted by Crippen LogP contribution is 2.14. The molecule has 68 valence electrons. The van der Waals surface area contributed by atoms with Crippen molar-refractivity contribution < 1.29 is 4.43 Å². The summed E-state index contributed by atoms with van der Waals surface area (Å²) >= 11 is 0. The number of rotatable bonds is 4. The van der Waals surface area contributed by atoms with E-state index >= 15 is 0 Å². The van der Waals surface area contributed by atoms with Crippen LogP contribution in [0.1, 0.15) is 6.92 Å². The molecule has 0 amide bonds. The highest BCUT2D eigenvalue weighted by atomic mass is 28.4. The fourth-order valence-corrected chi connectivity index (χ4v) is 2.93. The third-order valence-electron chi connectivity index (χ3n) is 2.22. The predicted molar refractivity (Wildman–Crippen MR) is 52.4 cm³/mol. The molecule has 0 aliphatic rings. The van der Waals surface area contributed by atoms with Gasteiger partial charge in [-0.05, 0) is 40.2 Å². The lowest BCUT2D eigenvalue weighted by atomic mass is 10.4. The average molecular weight is 175 g/mol. The summed E-state index contributed by atoms with van der Waals surface area (Å²) < 4.78 is 5.47. The zero-order chi connectivity index (χ0) is 9.07. The molecule has 0 aromatic rings. The molecule has 0 rings (SSSR count). The van der Waals surface area contributed by atoms with Crippen LogP contribution in [0.3, 0.4) is 0 Å². The molecule has 0 aliphatic heterocycles. The first-order valence-electron chi connectivity index (χ1n) is 4.10. The number of nitrogens with zero attached hydrogens (tertiary/aromatic N) is 1. The standard InChI is InChI=1S/C8H21NOSi/c1-8(9(2)3)7-11(5,6)10-4/h8H,7H2,1-6H3. The Morgan fingerprint density at radius 2 is 1.82 bits per heavy atom. The summed E-state index contributed by atoms with van der Waals surface area (Å²) in [5.41, 5.74) is 0. The molecule has 11 heavy (non-hydrogen) atoms. The third-order valence-corrected chi connectivity index (χ3v) is 4.90. The van der Waals surface area contributed by atoms with Gasteiger partial charge in [-0.1, -0.05) is 0 Å². The molecular formula is C8H21NOSi. The van der Waals surface area contributed by atoms with Gasteiger partial charge in [0.2, 0.25) is 0 Å². The van der Waals surface area contributed by atoms with Gasteiger partial charge in [0.15, 0.2) is 8.32 Å². The molecule has 0 aromatic heterocycles. The molecule has 0 N–H and O–H groups in total. The summed E-state index contributed by atoms with van der Waals surface area (Å²) in [6.07, 6.45) is 0. The van der Waals surface area contributed by atoms with Crippen LogP contribution in [0.15, 0.2) is 0 Å². The Bertz CT molecular complexity index is 115. The second kappa shape index (κ2) is 4.23. The van der Waals surface area contributed by atoms with Crippen LogP contribution in [0.25, 0.3) is 0 Å². The van der Waals surface area contributed by atoms with E-state index in [0.29, 0.717) is 6.04 Å². The molecule has 1 atom stereocenters. The van der Waals surface area contributed by atoms with Crippen molar-refractivity contribution in [3.05, 3.63) is 0 Å². The molecule has 0 fully saturated rings. The third kappa shape index (κ3) is 4.56. The molecule has 0 heterocycles. The molecule has 0 spiro atoms. The normalized spacial score (nSPS) is 15.5. The van der Waals surface area contributed by atoms with Gasteiger partial charge in [-0.15, -0.1) is 0 Å². The van der Waals surface area contributed by atoms with Crippen molar-refractivity contribution >= 4 is 8.32 Å². The minimum absolute atomic E-state index is 0.636. The quantitative estimate of drug-likeness (QED) is 0.604. The fraction of sp³-hybridized carbons (Fsp3) is 1.00. The lowest BCUT2D eigenvalue weighted by molar-refractivity contribution is 0.314. The van der Waals surface area contributed by atoms with E-state index in [0.717, 1.165) is 0 Å². The molecule has 0 saturated heterocycles. The zero-order valence-electron chi connectivity index (χ0n) is 8.64. The van der Waals surface area contributed by atoms with E-state index < -0.39 is 8.32 Å². The maximum atomic E-state index is 5.47. The molecule has 1 unspecified atom stereocenters. The predicted octanol–water partition coefficient (Wildman–Crippen LogP) is 1.79. The molecular weight excluding hydrogens is 154 g/mol. The molecule has 0 aromatic carbocycles. The second-order valence-electron chi connectivity index (χ2n) is 3.98. The molecule has 0 radical (unpaired) electrons. The van der Waals surface area contributed by atoms with Gasteiger partial charge in [0, 0.05) is 13.2 Å². The van der Waals surface area contributed by atoms with Crippen LogP contribution in [0.2, 0.25) is 19.1 Å². The van der Waals surface area contributed by atoms with Crippen LogP contribution in [0.5, 0.6) is 0 Å². The van der Waals surface area contributed by atoms with Crippen LogP contribution < -0.4 is 0 Å². The monoisotopic (exact) mass is 175 g/mol. The van der Waals surface area contributed by atoms with Crippen LogP contribution >= 0.6 is 0 Å². The molecule has 2 nitrogen and oxygen atoms in total. The lowest BCUT2D eigenvalue weighted by Gasteiger charge is -2.27. The van der Waals surface area contributed by atoms with E-state index in [1.165, 1.54) is 6.04 Å². The van der Waals surface area contributed by atoms with Gasteiger partial charge in [0.25, 0.3) is 0 Å². The zero-order valence-corrected chi connectivity index (χ0v) is 9.64. The number of hydrogen-bond donors (Lipinski definition) is 0. The number of hydrogen-bond acceptors (Lipinski definition) is 2. The Morgan fingerprint density at radius 1 is 1.36 bits per heavy atom. The van der Waals surface area contributed by atoms with E-state index in [2.05, 4.69) is 39.0 Å². The van der Waals surface area contributed by atoms with Crippen LogP contribution in [0, 0.1) is 0 Å². The SMILES string of the molecule is CO[Si](C)(C)CC(C)N(C)C. The van der Waals surface area contributed by atoms with E-state index in [-0.39, 0.29) is 0 Å². The molecule has 0 saturated carbocycles. The first kappa shape index (κ1) is 11.1. The second-order valence-corrected chi connectivity index (χ2v) is 8.32. The minimum atomic E-state index is -1.34. The maximum Gasteiger partial charge on any atom is 0.187 e. The molecule has 0 aliphatic carbocycles. The van der Waals surface area contributed by atoms with Gasteiger partial charge in [-0.3, -0.25) is 0 Å². The van der Waals surface area contributed by atoms with Crippen LogP contribution in [-0.2, 0) is 4.43 Å². The van der Waals surface area contributed by atoms with E-state index in [9.17, 15) is 0 Å². The average Bonchev–Trinajstić information content (AvgIpc) is 1.87. The smallest absolute Gasteiger partial charge is 0.187 e. The van der Waals surface area contributed by atoms with Crippen molar-refractivity contribution in [2.45, 2.75) is 32.1 Å². The van der Waals surface area contributed by atoms with Gasteiger partial charge in [0.05, 0.1) is 0 Å². The van der Waals surface area contributed by atoms with Gasteiger partial charge >= 0.3 is 0 Å². The van der Waals surface area contributed by atoms with Crippen molar-refractivity contribution in [3.63, 3.8) is 0 Å². The van der Waals surface area contributed by atoms with Crippen molar-refractivity contribution in [1.82, 2.24) is 4.90 Å². The van der Waals surface area contributed by atoms with Gasteiger partial charge in [-0.2, -0.15) is 0 Å². The maximum absolute atomic E-state index is 5.47. The fourth-order valence-electron chi connectivity index (χ4n) is 0.977.